The number of hydrogen-bond acceptors (Lipinski definition) is 6. The molecule has 166 valence electrons. The maximum absolute atomic E-state index is 11.0. The molecular weight excluding hydrogens is 402 g/mol. The SMILES string of the molecule is C/C(=C\c1ccccc1)CN1CCN(CC2ON=C3c4ccc(C=O)cc4OCC32)CC1. The normalized spacial score (nSPS) is 23.5. The van der Waals surface area contributed by atoms with E-state index in [4.69, 9.17) is 9.57 Å². The van der Waals surface area contributed by atoms with Crippen molar-refractivity contribution < 1.29 is 14.4 Å². The van der Waals surface area contributed by atoms with Gasteiger partial charge in [-0.1, -0.05) is 53.2 Å². The lowest BCUT2D eigenvalue weighted by molar-refractivity contribution is 0.0101. The molecule has 5 rings (SSSR count). The van der Waals surface area contributed by atoms with Crippen molar-refractivity contribution in [1.82, 2.24) is 9.80 Å². The van der Waals surface area contributed by atoms with Gasteiger partial charge in [0.1, 0.15) is 24.4 Å². The second-order valence-electron chi connectivity index (χ2n) is 8.89. The van der Waals surface area contributed by atoms with E-state index in [1.165, 1.54) is 11.1 Å². The summed E-state index contributed by atoms with van der Waals surface area (Å²) < 4.78 is 5.96. The molecule has 2 aromatic carbocycles. The number of oxime groups is 1. The first-order chi connectivity index (χ1) is 15.7. The molecule has 1 saturated heterocycles. The summed E-state index contributed by atoms with van der Waals surface area (Å²) in [4.78, 5) is 21.9. The van der Waals surface area contributed by atoms with E-state index in [9.17, 15) is 4.79 Å². The van der Waals surface area contributed by atoms with Gasteiger partial charge in [-0.05, 0) is 24.6 Å². The Bertz CT molecular complexity index is 1030. The third kappa shape index (κ3) is 4.47. The van der Waals surface area contributed by atoms with Gasteiger partial charge in [0.2, 0.25) is 0 Å². The summed E-state index contributed by atoms with van der Waals surface area (Å²) in [5.41, 5.74) is 5.16. The molecule has 2 atom stereocenters. The summed E-state index contributed by atoms with van der Waals surface area (Å²) in [6.07, 6.45) is 3.12. The zero-order chi connectivity index (χ0) is 21.9. The van der Waals surface area contributed by atoms with Gasteiger partial charge in [0, 0.05) is 50.4 Å². The Kier molecular flexibility index (Phi) is 6.06. The van der Waals surface area contributed by atoms with Gasteiger partial charge in [0.05, 0.1) is 5.92 Å². The van der Waals surface area contributed by atoms with Gasteiger partial charge in [0.25, 0.3) is 0 Å². The summed E-state index contributed by atoms with van der Waals surface area (Å²) in [5.74, 6) is 0.861. The number of benzene rings is 2. The van der Waals surface area contributed by atoms with Gasteiger partial charge in [-0.25, -0.2) is 0 Å². The first kappa shape index (κ1) is 20.9. The molecule has 0 amide bonds. The molecule has 3 aliphatic rings. The number of piperazine rings is 1. The molecular formula is C26H29N3O3. The van der Waals surface area contributed by atoms with E-state index in [0.29, 0.717) is 12.2 Å². The molecule has 6 heteroatoms. The lowest BCUT2D eigenvalue weighted by atomic mass is 9.89. The van der Waals surface area contributed by atoms with Crippen LogP contribution in [0.3, 0.4) is 0 Å². The Balaban J connectivity index is 1.13. The highest BCUT2D eigenvalue weighted by Crippen LogP contribution is 2.34. The molecule has 0 bridgehead atoms. The predicted molar refractivity (Wildman–Crippen MR) is 125 cm³/mol. The standard InChI is InChI=1S/C26H29N3O3/c1-19(13-20-5-3-2-4-6-20)15-28-9-11-29(12-10-28)16-25-23-18-31-24-14-21(17-30)7-8-22(24)26(23)27-32-25/h2-8,13-14,17,23,25H,9-12,15-16,18H2,1H3/b19-13+. The number of rotatable bonds is 6. The number of ether oxygens (including phenoxy) is 1. The Morgan fingerprint density at radius 3 is 2.62 bits per heavy atom. The third-order valence-electron chi connectivity index (χ3n) is 6.51. The van der Waals surface area contributed by atoms with E-state index in [1.807, 2.05) is 6.07 Å². The monoisotopic (exact) mass is 431 g/mol. The van der Waals surface area contributed by atoms with Crippen LogP contribution in [0.25, 0.3) is 6.08 Å². The molecule has 3 heterocycles. The van der Waals surface area contributed by atoms with Crippen molar-refractivity contribution in [1.29, 1.82) is 0 Å². The zero-order valence-corrected chi connectivity index (χ0v) is 18.4. The fourth-order valence-electron chi connectivity index (χ4n) is 4.78. The molecule has 3 aliphatic heterocycles. The van der Waals surface area contributed by atoms with Crippen LogP contribution in [-0.2, 0) is 4.84 Å². The summed E-state index contributed by atoms with van der Waals surface area (Å²) in [7, 11) is 0. The quantitative estimate of drug-likeness (QED) is 0.657. The molecule has 32 heavy (non-hydrogen) atoms. The Morgan fingerprint density at radius 2 is 1.84 bits per heavy atom. The highest BCUT2D eigenvalue weighted by molar-refractivity contribution is 6.06. The van der Waals surface area contributed by atoms with Crippen LogP contribution in [-0.4, -0.2) is 73.8 Å². The van der Waals surface area contributed by atoms with E-state index in [1.54, 1.807) is 12.1 Å². The number of carbonyl (C=O) groups is 1. The molecule has 0 spiro atoms. The average molecular weight is 432 g/mol. The van der Waals surface area contributed by atoms with E-state index in [2.05, 4.69) is 58.3 Å². The largest absolute Gasteiger partial charge is 0.492 e. The molecule has 0 radical (unpaired) electrons. The maximum atomic E-state index is 11.0. The summed E-state index contributed by atoms with van der Waals surface area (Å²) in [5, 5.41) is 4.40. The van der Waals surface area contributed by atoms with Gasteiger partial charge < -0.3 is 9.57 Å². The predicted octanol–water partition coefficient (Wildman–Crippen LogP) is 3.33. The molecule has 1 fully saturated rings. The lowest BCUT2D eigenvalue weighted by Crippen LogP contribution is -2.50. The fraction of sp³-hybridized carbons (Fsp3) is 0.385. The smallest absolute Gasteiger partial charge is 0.151 e. The van der Waals surface area contributed by atoms with Crippen molar-refractivity contribution in [3.63, 3.8) is 0 Å². The van der Waals surface area contributed by atoms with Crippen LogP contribution in [0.4, 0.5) is 0 Å². The summed E-state index contributed by atoms with van der Waals surface area (Å²) in [6.45, 7) is 8.78. The summed E-state index contributed by atoms with van der Waals surface area (Å²) in [6, 6.07) is 16.0. The van der Waals surface area contributed by atoms with Crippen LogP contribution < -0.4 is 4.74 Å². The number of carbonyl (C=O) groups excluding carboxylic acids is 1. The van der Waals surface area contributed by atoms with Crippen molar-refractivity contribution in [3.8, 4) is 5.75 Å². The average Bonchev–Trinajstić information content (AvgIpc) is 3.23. The van der Waals surface area contributed by atoms with Gasteiger partial charge in [-0.3, -0.25) is 14.6 Å². The van der Waals surface area contributed by atoms with Crippen molar-refractivity contribution in [2.45, 2.75) is 13.0 Å². The molecule has 6 nitrogen and oxygen atoms in total. The minimum atomic E-state index is 0.00941. The molecule has 0 saturated carbocycles. The zero-order valence-electron chi connectivity index (χ0n) is 18.4. The highest BCUT2D eigenvalue weighted by atomic mass is 16.6. The van der Waals surface area contributed by atoms with Crippen molar-refractivity contribution in [3.05, 3.63) is 70.8 Å². The van der Waals surface area contributed by atoms with Crippen molar-refractivity contribution in [2.24, 2.45) is 11.1 Å². The fourth-order valence-corrected chi connectivity index (χ4v) is 4.78. The molecule has 2 unspecified atom stereocenters. The van der Waals surface area contributed by atoms with Crippen molar-refractivity contribution >= 4 is 18.1 Å². The maximum Gasteiger partial charge on any atom is 0.151 e. The Morgan fingerprint density at radius 1 is 1.06 bits per heavy atom. The van der Waals surface area contributed by atoms with E-state index in [0.717, 1.165) is 62.6 Å². The van der Waals surface area contributed by atoms with Gasteiger partial charge >= 0.3 is 0 Å². The molecule has 0 N–H and O–H groups in total. The van der Waals surface area contributed by atoms with Crippen LogP contribution in [0.15, 0.2) is 59.3 Å². The first-order valence-electron chi connectivity index (χ1n) is 11.3. The first-order valence-corrected chi connectivity index (χ1v) is 11.3. The number of fused-ring (bicyclic) bond motifs is 3. The van der Waals surface area contributed by atoms with Crippen molar-refractivity contribution in [2.75, 3.05) is 45.9 Å². The van der Waals surface area contributed by atoms with Crippen LogP contribution in [0.5, 0.6) is 5.75 Å². The second kappa shape index (κ2) is 9.27. The second-order valence-corrected chi connectivity index (χ2v) is 8.89. The Labute approximate surface area is 189 Å². The summed E-state index contributed by atoms with van der Waals surface area (Å²) >= 11 is 0. The topological polar surface area (TPSA) is 54.4 Å². The van der Waals surface area contributed by atoms with Gasteiger partial charge in [-0.15, -0.1) is 0 Å². The molecule has 0 aliphatic carbocycles. The lowest BCUT2D eigenvalue weighted by Gasteiger charge is -2.36. The Hall–Kier alpha value is -2.96. The highest BCUT2D eigenvalue weighted by Gasteiger charge is 2.40. The third-order valence-corrected chi connectivity index (χ3v) is 6.51. The molecule has 2 aromatic rings. The van der Waals surface area contributed by atoms with E-state index < -0.39 is 0 Å². The number of hydrogen-bond donors (Lipinski definition) is 0. The van der Waals surface area contributed by atoms with Crippen LogP contribution in [0, 0.1) is 5.92 Å². The number of aldehydes is 1. The minimum absolute atomic E-state index is 0.00941. The van der Waals surface area contributed by atoms with Crippen LogP contribution >= 0.6 is 0 Å². The van der Waals surface area contributed by atoms with Crippen LogP contribution in [0.1, 0.15) is 28.4 Å². The minimum Gasteiger partial charge on any atom is -0.492 e. The van der Waals surface area contributed by atoms with Gasteiger partial charge in [-0.2, -0.15) is 0 Å². The van der Waals surface area contributed by atoms with Crippen LogP contribution in [0.2, 0.25) is 0 Å². The number of nitrogens with zero attached hydrogens (tertiary/aromatic N) is 3. The van der Waals surface area contributed by atoms with E-state index >= 15 is 0 Å². The van der Waals surface area contributed by atoms with E-state index in [-0.39, 0.29) is 12.0 Å². The van der Waals surface area contributed by atoms with Gasteiger partial charge in [0.15, 0.2) is 6.10 Å². The molecule has 0 aromatic heterocycles.